The second kappa shape index (κ2) is 11.6. The van der Waals surface area contributed by atoms with Crippen LogP contribution in [0.2, 0.25) is 0 Å². The molecule has 3 amide bonds. The van der Waals surface area contributed by atoms with Crippen LogP contribution in [0.5, 0.6) is 0 Å². The van der Waals surface area contributed by atoms with Gasteiger partial charge in [-0.2, -0.15) is 0 Å². The Morgan fingerprint density at radius 3 is 2.16 bits per heavy atom. The third kappa shape index (κ3) is 8.42. The van der Waals surface area contributed by atoms with E-state index in [4.69, 9.17) is 15.9 Å². The molecule has 4 unspecified atom stereocenters. The van der Waals surface area contributed by atoms with Crippen LogP contribution in [-0.4, -0.2) is 74.0 Å². The molecule has 172 valence electrons. The Balaban J connectivity index is 2.86. The molecule has 4 atom stereocenters. The van der Waals surface area contributed by atoms with Crippen LogP contribution in [0.4, 0.5) is 0 Å². The van der Waals surface area contributed by atoms with Crippen molar-refractivity contribution in [2.24, 2.45) is 11.7 Å². The number of nitrogens with zero attached hydrogens (tertiary/aromatic N) is 1. The molecule has 13 nitrogen and oxygen atoms in total. The van der Waals surface area contributed by atoms with Crippen LogP contribution in [-0.2, 0) is 30.4 Å². The van der Waals surface area contributed by atoms with Gasteiger partial charge in [0.05, 0.1) is 18.8 Å². The number of aromatic amines is 1. The van der Waals surface area contributed by atoms with Gasteiger partial charge in [0.25, 0.3) is 0 Å². The van der Waals surface area contributed by atoms with Crippen LogP contribution < -0.4 is 21.7 Å². The number of aliphatic carboxylic acids is 2. The second-order valence-corrected chi connectivity index (χ2v) is 7.35. The van der Waals surface area contributed by atoms with Crippen LogP contribution >= 0.6 is 0 Å². The van der Waals surface area contributed by atoms with E-state index < -0.39 is 66.2 Å². The number of carbonyl (C=O) groups excluding carboxylic acids is 3. The SMILES string of the molecule is CC(NC(=O)C(NC(=O)C(CC(=O)O)NC(=O)C(N)Cc1cnc[nH]1)C(C)C)C(=O)O. The molecular weight excluding hydrogens is 412 g/mol. The maximum absolute atomic E-state index is 12.7. The van der Waals surface area contributed by atoms with Crippen molar-refractivity contribution in [2.45, 2.75) is 57.8 Å². The maximum atomic E-state index is 12.7. The number of amides is 3. The fourth-order valence-electron chi connectivity index (χ4n) is 2.54. The number of H-pyrrole nitrogens is 1. The molecule has 0 aliphatic heterocycles. The lowest BCUT2D eigenvalue weighted by atomic mass is 10.0. The first kappa shape index (κ1) is 25.6. The lowest BCUT2D eigenvalue weighted by Gasteiger charge is -2.26. The summed E-state index contributed by atoms with van der Waals surface area (Å²) in [6.07, 6.45) is 2.21. The number of imidazole rings is 1. The minimum Gasteiger partial charge on any atom is -0.481 e. The summed E-state index contributed by atoms with van der Waals surface area (Å²) in [4.78, 5) is 66.1. The average Bonchev–Trinajstić information content (AvgIpc) is 3.17. The van der Waals surface area contributed by atoms with Gasteiger partial charge in [0.1, 0.15) is 18.1 Å². The van der Waals surface area contributed by atoms with Gasteiger partial charge >= 0.3 is 11.9 Å². The fourth-order valence-corrected chi connectivity index (χ4v) is 2.54. The van der Waals surface area contributed by atoms with Gasteiger partial charge in [-0.3, -0.25) is 24.0 Å². The zero-order valence-corrected chi connectivity index (χ0v) is 17.4. The maximum Gasteiger partial charge on any atom is 0.325 e. The molecule has 0 aliphatic rings. The molecule has 0 spiro atoms. The van der Waals surface area contributed by atoms with Gasteiger partial charge in [-0.05, 0) is 12.8 Å². The lowest BCUT2D eigenvalue weighted by Crippen LogP contribution is -2.58. The van der Waals surface area contributed by atoms with E-state index in [0.29, 0.717) is 5.69 Å². The number of hydrogen-bond acceptors (Lipinski definition) is 7. The van der Waals surface area contributed by atoms with Gasteiger partial charge in [0.15, 0.2) is 0 Å². The van der Waals surface area contributed by atoms with Crippen molar-refractivity contribution in [3.63, 3.8) is 0 Å². The molecular formula is C18H28N6O7. The van der Waals surface area contributed by atoms with E-state index in [0.717, 1.165) is 0 Å². The highest BCUT2D eigenvalue weighted by Crippen LogP contribution is 2.05. The Hall–Kier alpha value is -3.48. The van der Waals surface area contributed by atoms with Gasteiger partial charge in [0.2, 0.25) is 17.7 Å². The summed E-state index contributed by atoms with van der Waals surface area (Å²) < 4.78 is 0. The number of carbonyl (C=O) groups is 5. The summed E-state index contributed by atoms with van der Waals surface area (Å²) in [5, 5.41) is 24.9. The van der Waals surface area contributed by atoms with E-state index in [-0.39, 0.29) is 6.42 Å². The number of rotatable bonds is 12. The molecule has 1 aromatic rings. The largest absolute Gasteiger partial charge is 0.481 e. The Labute approximate surface area is 178 Å². The van der Waals surface area contributed by atoms with Crippen molar-refractivity contribution in [3.05, 3.63) is 18.2 Å². The van der Waals surface area contributed by atoms with E-state index in [1.165, 1.54) is 19.4 Å². The topological polar surface area (TPSA) is 217 Å². The zero-order chi connectivity index (χ0) is 23.7. The van der Waals surface area contributed by atoms with Gasteiger partial charge in [0, 0.05) is 18.3 Å². The predicted octanol–water partition coefficient (Wildman–Crippen LogP) is -2.03. The molecule has 0 aliphatic carbocycles. The average molecular weight is 440 g/mol. The molecule has 0 saturated carbocycles. The Kier molecular flexibility index (Phi) is 9.60. The van der Waals surface area contributed by atoms with Crippen molar-refractivity contribution < 1.29 is 34.2 Å². The van der Waals surface area contributed by atoms with Gasteiger partial charge in [-0.1, -0.05) is 13.8 Å². The Morgan fingerprint density at radius 2 is 1.68 bits per heavy atom. The summed E-state index contributed by atoms with van der Waals surface area (Å²) in [6, 6.07) is -4.92. The molecule has 0 saturated heterocycles. The summed E-state index contributed by atoms with van der Waals surface area (Å²) in [5.74, 6) is -5.50. The lowest BCUT2D eigenvalue weighted by molar-refractivity contribution is -0.143. The molecule has 13 heteroatoms. The smallest absolute Gasteiger partial charge is 0.325 e. The van der Waals surface area contributed by atoms with E-state index >= 15 is 0 Å². The molecule has 0 aromatic carbocycles. The number of hydrogen-bond donors (Lipinski definition) is 7. The van der Waals surface area contributed by atoms with Crippen molar-refractivity contribution >= 4 is 29.7 Å². The van der Waals surface area contributed by atoms with Crippen molar-refractivity contribution in [1.29, 1.82) is 0 Å². The first-order valence-corrected chi connectivity index (χ1v) is 9.50. The van der Waals surface area contributed by atoms with Crippen LogP contribution in [0.1, 0.15) is 32.9 Å². The van der Waals surface area contributed by atoms with Gasteiger partial charge in [-0.25, -0.2) is 4.98 Å². The molecule has 0 bridgehead atoms. The number of nitrogens with one attached hydrogen (secondary N) is 4. The Bertz CT molecular complexity index is 795. The summed E-state index contributed by atoms with van der Waals surface area (Å²) in [6.45, 7) is 4.48. The van der Waals surface area contributed by atoms with Gasteiger partial charge < -0.3 is 36.9 Å². The molecule has 1 heterocycles. The van der Waals surface area contributed by atoms with E-state index in [9.17, 15) is 24.0 Å². The molecule has 8 N–H and O–H groups in total. The van der Waals surface area contributed by atoms with Crippen molar-refractivity contribution in [3.8, 4) is 0 Å². The predicted molar refractivity (Wildman–Crippen MR) is 106 cm³/mol. The highest BCUT2D eigenvalue weighted by molar-refractivity contribution is 5.95. The highest BCUT2D eigenvalue weighted by atomic mass is 16.4. The summed E-state index contributed by atoms with van der Waals surface area (Å²) in [7, 11) is 0. The molecule has 1 rings (SSSR count). The monoisotopic (exact) mass is 440 g/mol. The zero-order valence-electron chi connectivity index (χ0n) is 17.4. The van der Waals surface area contributed by atoms with E-state index in [2.05, 4.69) is 25.9 Å². The van der Waals surface area contributed by atoms with Gasteiger partial charge in [-0.15, -0.1) is 0 Å². The number of nitrogens with two attached hydrogens (primary N) is 1. The van der Waals surface area contributed by atoms with E-state index in [1.807, 2.05) is 0 Å². The summed E-state index contributed by atoms with van der Waals surface area (Å²) >= 11 is 0. The molecule has 0 fully saturated rings. The fraction of sp³-hybridized carbons (Fsp3) is 0.556. The first-order chi connectivity index (χ1) is 14.4. The third-order valence-corrected chi connectivity index (χ3v) is 4.32. The minimum atomic E-state index is -1.50. The van der Waals surface area contributed by atoms with Crippen LogP contribution in [0.25, 0.3) is 0 Å². The second-order valence-electron chi connectivity index (χ2n) is 7.35. The molecule has 1 aromatic heterocycles. The Morgan fingerprint density at radius 1 is 1.03 bits per heavy atom. The summed E-state index contributed by atoms with van der Waals surface area (Å²) in [5.41, 5.74) is 6.38. The van der Waals surface area contributed by atoms with Crippen LogP contribution in [0.3, 0.4) is 0 Å². The normalized spacial score (nSPS) is 14.7. The molecule has 0 radical (unpaired) electrons. The van der Waals surface area contributed by atoms with Crippen LogP contribution in [0, 0.1) is 5.92 Å². The molecule has 31 heavy (non-hydrogen) atoms. The van der Waals surface area contributed by atoms with Crippen LogP contribution in [0.15, 0.2) is 12.5 Å². The third-order valence-electron chi connectivity index (χ3n) is 4.32. The first-order valence-electron chi connectivity index (χ1n) is 9.50. The number of aromatic nitrogens is 2. The van der Waals surface area contributed by atoms with E-state index in [1.54, 1.807) is 13.8 Å². The number of carboxylic acids is 2. The van der Waals surface area contributed by atoms with Crippen molar-refractivity contribution in [1.82, 2.24) is 25.9 Å². The quantitative estimate of drug-likeness (QED) is 0.190. The highest BCUT2D eigenvalue weighted by Gasteiger charge is 2.32. The minimum absolute atomic E-state index is 0.0807. The van der Waals surface area contributed by atoms with Crippen molar-refractivity contribution in [2.75, 3.05) is 0 Å². The standard InChI is InChI=1S/C18H28N6O7/c1-8(2)14(17(29)22-9(3)18(30)31)24-16(28)12(5-13(25)26)23-15(27)11(19)4-10-6-20-7-21-10/h6-9,11-12,14H,4-5,19H2,1-3H3,(H,20,21)(H,22,29)(H,23,27)(H,24,28)(H,25,26)(H,30,31). The number of carboxylic acid groups (broad SMARTS) is 2.